The highest BCUT2D eigenvalue weighted by Gasteiger charge is 2.16. The van der Waals surface area contributed by atoms with Crippen molar-refractivity contribution in [2.75, 3.05) is 27.0 Å². The van der Waals surface area contributed by atoms with Crippen molar-refractivity contribution in [3.63, 3.8) is 0 Å². The molecule has 0 fully saturated rings. The first-order valence-corrected chi connectivity index (χ1v) is 10.2. The van der Waals surface area contributed by atoms with Gasteiger partial charge in [0, 0.05) is 10.8 Å². The van der Waals surface area contributed by atoms with E-state index < -0.39 is 6.67 Å². The lowest BCUT2D eigenvalue weighted by Crippen LogP contribution is -2.14. The first kappa shape index (κ1) is 21.0. The van der Waals surface area contributed by atoms with Gasteiger partial charge in [0.1, 0.15) is 18.1 Å². The molecule has 4 rings (SSSR count). The largest absolute Gasteiger partial charge is 0.497 e. The SMILES string of the molecule is COc1ccc2c(c1)c(=O)c1ccc(C)c(C)c1n2Cc1cn(CCOCCF)nn1. The van der Waals surface area contributed by atoms with Gasteiger partial charge in [0.2, 0.25) is 0 Å². The molecule has 2 aromatic carbocycles. The highest BCUT2D eigenvalue weighted by atomic mass is 19.1. The lowest BCUT2D eigenvalue weighted by atomic mass is 10.0. The fourth-order valence-corrected chi connectivity index (χ4v) is 3.82. The van der Waals surface area contributed by atoms with E-state index in [-0.39, 0.29) is 12.0 Å². The number of alkyl halides is 1. The Bertz CT molecular complexity index is 1300. The van der Waals surface area contributed by atoms with Gasteiger partial charge in [0.25, 0.3) is 0 Å². The zero-order valence-corrected chi connectivity index (χ0v) is 17.9. The lowest BCUT2D eigenvalue weighted by Gasteiger charge is -2.17. The molecule has 0 aliphatic rings. The van der Waals surface area contributed by atoms with Gasteiger partial charge in [0.05, 0.1) is 50.6 Å². The van der Waals surface area contributed by atoms with E-state index in [1.807, 2.05) is 44.3 Å². The van der Waals surface area contributed by atoms with Crippen molar-refractivity contribution < 1.29 is 13.9 Å². The highest BCUT2D eigenvalue weighted by Crippen LogP contribution is 2.27. The van der Waals surface area contributed by atoms with Crippen molar-refractivity contribution >= 4 is 21.8 Å². The molecule has 8 heteroatoms. The maximum absolute atomic E-state index is 13.3. The molecule has 4 aromatic rings. The van der Waals surface area contributed by atoms with Gasteiger partial charge in [-0.3, -0.25) is 4.79 Å². The summed E-state index contributed by atoms with van der Waals surface area (Å²) < 4.78 is 26.5. The molecule has 0 saturated heterocycles. The van der Waals surface area contributed by atoms with E-state index in [2.05, 4.69) is 14.9 Å². The molecule has 0 unspecified atom stereocenters. The number of hydrogen-bond donors (Lipinski definition) is 0. The highest BCUT2D eigenvalue weighted by molar-refractivity contribution is 5.96. The minimum absolute atomic E-state index is 0.0167. The summed E-state index contributed by atoms with van der Waals surface area (Å²) in [6.45, 7) is 4.97. The minimum atomic E-state index is -0.501. The average molecular weight is 424 g/mol. The quantitative estimate of drug-likeness (QED) is 0.320. The van der Waals surface area contributed by atoms with Crippen LogP contribution in [0.3, 0.4) is 0 Å². The molecular formula is C23H25FN4O3. The second kappa shape index (κ2) is 8.85. The van der Waals surface area contributed by atoms with Gasteiger partial charge in [-0.2, -0.15) is 0 Å². The van der Waals surface area contributed by atoms with Crippen molar-refractivity contribution in [1.29, 1.82) is 0 Å². The molecule has 0 radical (unpaired) electrons. The smallest absolute Gasteiger partial charge is 0.197 e. The summed E-state index contributed by atoms with van der Waals surface area (Å²) in [6, 6.07) is 9.40. The predicted octanol–water partition coefficient (Wildman–Crippen LogP) is 3.41. The third kappa shape index (κ3) is 4.03. The van der Waals surface area contributed by atoms with E-state index in [9.17, 15) is 9.18 Å². The Hall–Kier alpha value is -3.26. The average Bonchev–Trinajstić information content (AvgIpc) is 3.23. The lowest BCUT2D eigenvalue weighted by molar-refractivity contribution is 0.109. The summed E-state index contributed by atoms with van der Waals surface area (Å²) in [6.07, 6.45) is 1.85. The van der Waals surface area contributed by atoms with E-state index in [1.165, 1.54) is 0 Å². The number of aryl methyl sites for hydroxylation is 2. The summed E-state index contributed by atoms with van der Waals surface area (Å²) in [4.78, 5) is 13.3. The zero-order valence-electron chi connectivity index (χ0n) is 17.9. The maximum atomic E-state index is 13.3. The first-order chi connectivity index (χ1) is 15.0. The number of nitrogens with zero attached hydrogens (tertiary/aromatic N) is 4. The van der Waals surface area contributed by atoms with Crippen molar-refractivity contribution in [3.05, 3.63) is 63.6 Å². The third-order valence-electron chi connectivity index (χ3n) is 5.55. The Labute approximate surface area is 179 Å². The van der Waals surface area contributed by atoms with Crippen LogP contribution in [0.25, 0.3) is 21.8 Å². The van der Waals surface area contributed by atoms with Crippen LogP contribution in [0.2, 0.25) is 0 Å². The fourth-order valence-electron chi connectivity index (χ4n) is 3.82. The van der Waals surface area contributed by atoms with Crippen LogP contribution in [0.15, 0.2) is 41.3 Å². The number of benzene rings is 2. The van der Waals surface area contributed by atoms with Crippen LogP contribution >= 0.6 is 0 Å². The molecule has 0 aliphatic carbocycles. The van der Waals surface area contributed by atoms with Crippen LogP contribution in [0.4, 0.5) is 4.39 Å². The molecule has 162 valence electrons. The number of halogens is 1. The van der Waals surface area contributed by atoms with Crippen molar-refractivity contribution in [2.45, 2.75) is 26.9 Å². The molecule has 0 saturated carbocycles. The minimum Gasteiger partial charge on any atom is -0.497 e. The van der Waals surface area contributed by atoms with Crippen LogP contribution < -0.4 is 10.2 Å². The van der Waals surface area contributed by atoms with Crippen LogP contribution in [0.5, 0.6) is 5.75 Å². The van der Waals surface area contributed by atoms with Crippen molar-refractivity contribution in [1.82, 2.24) is 19.6 Å². The number of ether oxygens (including phenoxy) is 2. The molecule has 0 amide bonds. The van der Waals surface area contributed by atoms with Gasteiger partial charge in [0.15, 0.2) is 5.43 Å². The van der Waals surface area contributed by atoms with Crippen LogP contribution in [-0.2, 0) is 17.8 Å². The summed E-state index contributed by atoms with van der Waals surface area (Å²) in [5.74, 6) is 0.638. The van der Waals surface area contributed by atoms with E-state index >= 15 is 0 Å². The number of pyridine rings is 1. The second-order valence-electron chi connectivity index (χ2n) is 7.48. The molecule has 0 spiro atoms. The number of fused-ring (bicyclic) bond motifs is 2. The number of methoxy groups -OCH3 is 1. The Kier molecular flexibility index (Phi) is 5.99. The van der Waals surface area contributed by atoms with Gasteiger partial charge in [-0.15, -0.1) is 5.10 Å². The van der Waals surface area contributed by atoms with Gasteiger partial charge >= 0.3 is 0 Å². The Morgan fingerprint density at radius 1 is 1.10 bits per heavy atom. The number of rotatable bonds is 8. The maximum Gasteiger partial charge on any atom is 0.197 e. The Balaban J connectivity index is 1.82. The molecule has 2 heterocycles. The fraction of sp³-hybridized carbons (Fsp3) is 0.348. The second-order valence-corrected chi connectivity index (χ2v) is 7.48. The third-order valence-corrected chi connectivity index (χ3v) is 5.55. The Morgan fingerprint density at radius 2 is 1.94 bits per heavy atom. The molecule has 7 nitrogen and oxygen atoms in total. The standard InChI is InChI=1S/C23H25FN4O3/c1-15-4-6-19-22(16(15)2)28(21-7-5-18(30-3)12-20(21)23(19)29)14-17-13-27(26-25-17)9-11-31-10-8-24/h4-7,12-13H,8-11,14H2,1-3H3. The van der Waals surface area contributed by atoms with E-state index in [4.69, 9.17) is 9.47 Å². The van der Waals surface area contributed by atoms with Crippen molar-refractivity contribution in [3.8, 4) is 5.75 Å². The molecule has 2 aromatic heterocycles. The number of aromatic nitrogens is 4. The monoisotopic (exact) mass is 424 g/mol. The molecule has 0 N–H and O–H groups in total. The molecule has 31 heavy (non-hydrogen) atoms. The van der Waals surface area contributed by atoms with Gasteiger partial charge in [-0.1, -0.05) is 11.3 Å². The summed E-state index contributed by atoms with van der Waals surface area (Å²) >= 11 is 0. The molecule has 0 bridgehead atoms. The van der Waals surface area contributed by atoms with E-state index in [1.54, 1.807) is 17.9 Å². The van der Waals surface area contributed by atoms with Crippen LogP contribution in [-0.4, -0.2) is 46.6 Å². The number of hydrogen-bond acceptors (Lipinski definition) is 5. The summed E-state index contributed by atoms with van der Waals surface area (Å²) in [7, 11) is 1.59. The normalized spacial score (nSPS) is 11.5. The van der Waals surface area contributed by atoms with Gasteiger partial charge < -0.3 is 14.0 Å². The first-order valence-electron chi connectivity index (χ1n) is 10.2. The van der Waals surface area contributed by atoms with Crippen LogP contribution in [0.1, 0.15) is 16.8 Å². The predicted molar refractivity (Wildman–Crippen MR) is 118 cm³/mol. The van der Waals surface area contributed by atoms with Crippen LogP contribution in [0, 0.1) is 13.8 Å². The Morgan fingerprint density at radius 3 is 2.71 bits per heavy atom. The van der Waals surface area contributed by atoms with Gasteiger partial charge in [-0.05, 0) is 49.2 Å². The molecule has 0 atom stereocenters. The van der Waals surface area contributed by atoms with E-state index in [0.29, 0.717) is 36.2 Å². The van der Waals surface area contributed by atoms with Crippen molar-refractivity contribution in [2.24, 2.45) is 0 Å². The summed E-state index contributed by atoms with van der Waals surface area (Å²) in [5, 5.41) is 9.71. The topological polar surface area (TPSA) is 71.2 Å². The van der Waals surface area contributed by atoms with E-state index in [0.717, 1.165) is 27.9 Å². The summed E-state index contributed by atoms with van der Waals surface area (Å²) in [5.41, 5.74) is 4.61. The van der Waals surface area contributed by atoms with Gasteiger partial charge in [-0.25, -0.2) is 9.07 Å². The molecule has 0 aliphatic heterocycles. The molecular weight excluding hydrogens is 399 g/mol. The zero-order chi connectivity index (χ0) is 22.0.